The average Bonchev–Trinajstić information content (AvgIpc) is 3.69. The maximum Gasteiger partial charge on any atom is 0.319 e. The topological polar surface area (TPSA) is 168 Å². The summed E-state index contributed by atoms with van der Waals surface area (Å²) >= 11 is 0. The van der Waals surface area contributed by atoms with Crippen LogP contribution in [-0.2, 0) is 22.6 Å². The minimum atomic E-state index is -0.964. The molecule has 2 atom stereocenters. The number of ether oxygens (including phenoxy) is 1. The minimum absolute atomic E-state index is 0.0142. The fourth-order valence-corrected chi connectivity index (χ4v) is 12.4. The number of anilines is 2. The lowest BCUT2D eigenvalue weighted by atomic mass is 9.93. The quantitative estimate of drug-likeness (QED) is 0.126. The Morgan fingerprint density at radius 1 is 0.873 bits per heavy atom. The fourth-order valence-electron chi connectivity index (χ4n) is 12.4. The van der Waals surface area contributed by atoms with E-state index in [0.717, 1.165) is 102 Å². The van der Waals surface area contributed by atoms with Crippen molar-refractivity contribution < 1.29 is 38.1 Å². The number of aromatic hydroxyl groups is 1. The Morgan fingerprint density at radius 2 is 1.66 bits per heavy atom. The van der Waals surface area contributed by atoms with Crippen molar-refractivity contribution in [3.63, 3.8) is 0 Å². The number of phenolic OH excluding ortho intramolecular Hbond substituents is 1. The van der Waals surface area contributed by atoms with Crippen molar-refractivity contribution in [2.75, 3.05) is 68.7 Å². The molecule has 0 aliphatic carbocycles. The molecular weight excluding hydrogens is 909 g/mol. The zero-order valence-corrected chi connectivity index (χ0v) is 40.6. The van der Waals surface area contributed by atoms with Crippen LogP contribution in [0.25, 0.3) is 32.9 Å². The summed E-state index contributed by atoms with van der Waals surface area (Å²) in [5.74, 6) is -0.974. The number of aromatic nitrogens is 3. The maximum atomic E-state index is 17.1. The van der Waals surface area contributed by atoms with Gasteiger partial charge in [0, 0.05) is 87.8 Å². The van der Waals surface area contributed by atoms with E-state index in [1.165, 1.54) is 18.3 Å². The molecule has 11 rings (SSSR count). The zero-order chi connectivity index (χ0) is 49.1. The van der Waals surface area contributed by atoms with Crippen molar-refractivity contribution in [1.82, 2.24) is 35.0 Å². The molecule has 15 nitrogen and oxygen atoms in total. The number of carbonyl (C=O) groups is 3. The van der Waals surface area contributed by atoms with E-state index in [1.807, 2.05) is 24.0 Å². The monoisotopic (exact) mass is 971 g/mol. The number of carbonyl (C=O) groups excluding carboxylic acids is 3. The summed E-state index contributed by atoms with van der Waals surface area (Å²) in [6, 6.07) is 11.9. The molecule has 6 aliphatic rings. The molecule has 2 aromatic heterocycles. The Labute approximate surface area is 412 Å². The van der Waals surface area contributed by atoms with E-state index in [1.54, 1.807) is 24.0 Å². The average molecular weight is 972 g/mol. The van der Waals surface area contributed by atoms with E-state index >= 15 is 8.78 Å². The lowest BCUT2D eigenvalue weighted by Crippen LogP contribution is -2.52. The highest BCUT2D eigenvalue weighted by Gasteiger charge is 2.40. The lowest BCUT2D eigenvalue weighted by Gasteiger charge is -2.43. The van der Waals surface area contributed by atoms with Gasteiger partial charge in [-0.1, -0.05) is 13.0 Å². The molecule has 0 bridgehead atoms. The van der Waals surface area contributed by atoms with E-state index in [4.69, 9.17) is 14.7 Å². The zero-order valence-electron chi connectivity index (χ0n) is 40.6. The minimum Gasteiger partial charge on any atom is -0.508 e. The number of amides is 3. The molecule has 6 aliphatic heterocycles. The molecule has 17 heteroatoms. The van der Waals surface area contributed by atoms with Crippen molar-refractivity contribution in [2.45, 2.75) is 115 Å². The molecular formula is C54H63F2N9O6. The van der Waals surface area contributed by atoms with Crippen LogP contribution in [0, 0.1) is 17.6 Å². The lowest BCUT2D eigenvalue weighted by molar-refractivity contribution is -0.136. The Morgan fingerprint density at radius 3 is 2.41 bits per heavy atom. The summed E-state index contributed by atoms with van der Waals surface area (Å²) in [4.78, 5) is 62.8. The van der Waals surface area contributed by atoms with Gasteiger partial charge in [0.25, 0.3) is 5.91 Å². The van der Waals surface area contributed by atoms with Gasteiger partial charge in [-0.3, -0.25) is 24.7 Å². The second-order valence-electron chi connectivity index (χ2n) is 21.1. The smallest absolute Gasteiger partial charge is 0.319 e. The summed E-state index contributed by atoms with van der Waals surface area (Å²) in [5, 5.41) is 25.7. The molecule has 5 fully saturated rings. The van der Waals surface area contributed by atoms with Gasteiger partial charge in [-0.15, -0.1) is 0 Å². The number of phenols is 1. The number of hydrogen-bond acceptors (Lipinski definition) is 13. The first-order valence-corrected chi connectivity index (χ1v) is 25.7. The molecule has 374 valence electrons. The third-order valence-electron chi connectivity index (χ3n) is 16.2. The number of nitrogens with one attached hydrogen (secondary N) is 1. The first-order chi connectivity index (χ1) is 34.3. The number of fused-ring (bicyclic) bond motifs is 3. The number of aliphatic hydroxyl groups is 1. The molecule has 0 spiro atoms. The Balaban J connectivity index is 0.706. The number of rotatable bonds is 10. The molecule has 3 N–H and O–H groups in total. The molecule has 5 saturated heterocycles. The van der Waals surface area contributed by atoms with Gasteiger partial charge in [-0.05, 0) is 148 Å². The summed E-state index contributed by atoms with van der Waals surface area (Å²) in [7, 11) is 0. The highest BCUT2D eigenvalue weighted by Crippen LogP contribution is 2.40. The van der Waals surface area contributed by atoms with Crippen LogP contribution in [0.1, 0.15) is 99.5 Å². The van der Waals surface area contributed by atoms with Crippen LogP contribution in [0.2, 0.25) is 0 Å². The maximum absolute atomic E-state index is 17.1. The molecule has 0 radical (unpaired) electrons. The highest BCUT2D eigenvalue weighted by atomic mass is 19.1. The Bertz CT molecular complexity index is 2890. The third kappa shape index (κ3) is 9.36. The van der Waals surface area contributed by atoms with Gasteiger partial charge in [0.15, 0.2) is 5.82 Å². The number of hydrogen-bond donors (Lipinski definition) is 3. The molecule has 71 heavy (non-hydrogen) atoms. The number of aryl methyl sites for hydroxylation is 1. The Kier molecular flexibility index (Phi) is 12.8. The van der Waals surface area contributed by atoms with Gasteiger partial charge in [-0.2, -0.15) is 9.97 Å². The molecule has 0 saturated carbocycles. The molecule has 1 unspecified atom stereocenters. The van der Waals surface area contributed by atoms with Crippen molar-refractivity contribution in [3.05, 3.63) is 77.0 Å². The standard InChI is InChI=1S/C54H63F2N9O6/c1-3-39-43(55)8-5-33-26-37(66)27-41(46(33)39)48-47(56)49-42(28-57-48)50(64-18-4-17-54(2,70)31-64)60-53(59-49)71-38-15-23-62(24-16-38)35-13-19-61(20-14-35)29-32-11-21-63(22-12-32)36-6-7-40-34(25-36)30-65(52(40)69)44-9-10-45(67)58-51(44)68/h5-8,25-28,32,35,38,44,66,70H,3-4,9-24,29-31H2,1-2H3,(H,58,67,68)/t44?,54-/m1/s1. The number of pyridine rings is 1. The van der Waals surface area contributed by atoms with Crippen LogP contribution in [-0.4, -0.2) is 140 Å². The van der Waals surface area contributed by atoms with Gasteiger partial charge < -0.3 is 39.4 Å². The number of likely N-dealkylation sites (tertiary alicyclic amines) is 2. The van der Waals surface area contributed by atoms with Gasteiger partial charge in [0.05, 0.1) is 11.0 Å². The summed E-state index contributed by atoms with van der Waals surface area (Å²) in [5.41, 5.74) is 2.37. The number of piperidine rings is 5. The van der Waals surface area contributed by atoms with Gasteiger partial charge in [-0.25, -0.2) is 8.78 Å². The van der Waals surface area contributed by atoms with Crippen molar-refractivity contribution in [1.29, 1.82) is 0 Å². The van der Waals surface area contributed by atoms with E-state index in [0.29, 0.717) is 84.0 Å². The predicted molar refractivity (Wildman–Crippen MR) is 265 cm³/mol. The van der Waals surface area contributed by atoms with Crippen LogP contribution in [0.3, 0.4) is 0 Å². The largest absolute Gasteiger partial charge is 0.508 e. The van der Waals surface area contributed by atoms with Crippen LogP contribution in [0.5, 0.6) is 11.8 Å². The first-order valence-electron chi connectivity index (χ1n) is 25.7. The number of nitrogens with zero attached hydrogens (tertiary/aromatic N) is 8. The van der Waals surface area contributed by atoms with Crippen LogP contribution in [0.4, 0.5) is 20.3 Å². The second kappa shape index (κ2) is 19.2. The van der Waals surface area contributed by atoms with E-state index in [-0.39, 0.29) is 58.8 Å². The van der Waals surface area contributed by atoms with Gasteiger partial charge >= 0.3 is 6.01 Å². The van der Waals surface area contributed by atoms with E-state index in [2.05, 4.69) is 31.1 Å². The molecule has 8 heterocycles. The van der Waals surface area contributed by atoms with E-state index < -0.39 is 23.3 Å². The fraction of sp³-hybridized carbons (Fsp3) is 0.519. The second-order valence-corrected chi connectivity index (χ2v) is 21.1. The third-order valence-corrected chi connectivity index (χ3v) is 16.2. The van der Waals surface area contributed by atoms with Gasteiger partial charge in [0.2, 0.25) is 11.8 Å². The van der Waals surface area contributed by atoms with Crippen molar-refractivity contribution in [3.8, 4) is 23.0 Å². The van der Waals surface area contributed by atoms with Crippen molar-refractivity contribution in [2.24, 2.45) is 5.92 Å². The normalized spacial score (nSPS) is 23.5. The van der Waals surface area contributed by atoms with Crippen LogP contribution < -0.4 is 19.9 Å². The van der Waals surface area contributed by atoms with Crippen molar-refractivity contribution >= 4 is 50.9 Å². The van der Waals surface area contributed by atoms with E-state index in [9.17, 15) is 24.6 Å². The van der Waals surface area contributed by atoms with Crippen LogP contribution in [0.15, 0.2) is 48.7 Å². The Hall–Kier alpha value is -6.04. The number of benzene rings is 3. The number of β-amino-alcohol motifs (C(OH)–C–C–N with tert-alkyl or cyclic N) is 1. The number of halogens is 2. The molecule has 3 amide bonds. The van der Waals surface area contributed by atoms with Gasteiger partial charge in [0.1, 0.15) is 40.7 Å². The molecule has 5 aromatic rings. The summed E-state index contributed by atoms with van der Waals surface area (Å²) in [6.07, 6.45) is 9.66. The SMILES string of the molecule is CCc1c(F)ccc2cc(O)cc(-c3ncc4c(N5CCC[C@@](C)(O)C5)nc(OC5CCN(C6CCN(CC7CCN(c8ccc9c(c8)CN(C8CCC(=O)NC8=O)C9=O)CC7)CC6)CC5)nc4c3F)c12. The number of imide groups is 1. The first kappa shape index (κ1) is 47.3. The van der Waals surface area contributed by atoms with Crippen LogP contribution >= 0.6 is 0 Å². The summed E-state index contributed by atoms with van der Waals surface area (Å²) < 4.78 is 38.9. The highest BCUT2D eigenvalue weighted by molar-refractivity contribution is 6.06. The summed E-state index contributed by atoms with van der Waals surface area (Å²) in [6.45, 7) is 11.8. The molecule has 3 aromatic carbocycles. The predicted octanol–water partition coefficient (Wildman–Crippen LogP) is 6.73.